The van der Waals surface area contributed by atoms with Gasteiger partial charge < -0.3 is 15.0 Å². The average molecular weight is 438 g/mol. The second-order valence-electron chi connectivity index (χ2n) is 10.6. The van der Waals surface area contributed by atoms with Crippen molar-refractivity contribution < 1.29 is 9.53 Å². The number of piperidine rings is 3. The lowest BCUT2D eigenvalue weighted by Gasteiger charge is -2.54. The van der Waals surface area contributed by atoms with Gasteiger partial charge in [-0.25, -0.2) is 4.79 Å². The first-order chi connectivity index (χ1) is 15.5. The number of urea groups is 1. The highest BCUT2D eigenvalue weighted by molar-refractivity contribution is 5.76. The number of nitrogens with one attached hydrogen (secondary N) is 1. The first-order valence-corrected chi connectivity index (χ1v) is 12.7. The fourth-order valence-corrected chi connectivity index (χ4v) is 6.86. The van der Waals surface area contributed by atoms with E-state index in [9.17, 15) is 4.79 Å². The predicted molar refractivity (Wildman–Crippen MR) is 128 cm³/mol. The van der Waals surface area contributed by atoms with Crippen LogP contribution in [-0.4, -0.2) is 54.7 Å². The Kier molecular flexibility index (Phi) is 6.20. The van der Waals surface area contributed by atoms with Gasteiger partial charge in [-0.1, -0.05) is 44.1 Å². The third-order valence-corrected chi connectivity index (χ3v) is 8.34. The largest absolute Gasteiger partial charge is 0.497 e. The van der Waals surface area contributed by atoms with Crippen molar-refractivity contribution in [3.63, 3.8) is 0 Å². The molecule has 32 heavy (non-hydrogen) atoms. The average Bonchev–Trinajstić information content (AvgIpc) is 2.82. The lowest BCUT2D eigenvalue weighted by atomic mass is 9.68. The fourth-order valence-electron chi connectivity index (χ4n) is 6.86. The molecular weight excluding hydrogens is 398 g/mol. The number of amides is 2. The standard InChI is InChI=1S/C27H39N3O2/c1-18(2)25(19-9-11-23(32-3)12-10-19)28-27(31)30-14-6-7-20-15-21-16-22(26(20)30)17-29-13-5-4-8-24(21)29/h9-12,15,18,21-22,24-26H,4-8,13-14,16-17H2,1-3H3,(H,28,31)/t21-,22-,24?,25?,26?/m1/s1. The molecule has 1 N–H and O–H groups in total. The summed E-state index contributed by atoms with van der Waals surface area (Å²) < 4.78 is 5.32. The van der Waals surface area contributed by atoms with Gasteiger partial charge in [-0.15, -0.1) is 0 Å². The van der Waals surface area contributed by atoms with E-state index in [1.54, 1.807) is 12.7 Å². The highest BCUT2D eigenvalue weighted by atomic mass is 16.5. The SMILES string of the molecule is COc1ccc(C(NC(=O)N2CCCC3=C[C@@H]4C[C@H](CN5CCCCC45)C32)C(C)C)cc1. The first kappa shape index (κ1) is 21.8. The van der Waals surface area contributed by atoms with Crippen molar-refractivity contribution in [3.05, 3.63) is 41.5 Å². The number of methoxy groups -OCH3 is 1. The molecular formula is C27H39N3O2. The van der Waals surface area contributed by atoms with Crippen LogP contribution in [0.25, 0.3) is 0 Å². The summed E-state index contributed by atoms with van der Waals surface area (Å²) >= 11 is 0. The van der Waals surface area contributed by atoms with Gasteiger partial charge in [0.15, 0.2) is 0 Å². The highest BCUT2D eigenvalue weighted by Crippen LogP contribution is 2.45. The van der Waals surface area contributed by atoms with Gasteiger partial charge in [0.1, 0.15) is 5.75 Å². The summed E-state index contributed by atoms with van der Waals surface area (Å²) in [6.45, 7) is 7.64. The van der Waals surface area contributed by atoms with E-state index < -0.39 is 0 Å². The summed E-state index contributed by atoms with van der Waals surface area (Å²) in [5.41, 5.74) is 2.68. The lowest BCUT2D eigenvalue weighted by Crippen LogP contribution is -2.61. The molecule has 2 amide bonds. The van der Waals surface area contributed by atoms with E-state index >= 15 is 0 Å². The zero-order valence-electron chi connectivity index (χ0n) is 19.9. The molecule has 3 unspecified atom stereocenters. The Morgan fingerprint density at radius 1 is 1.12 bits per heavy atom. The number of fused-ring (bicyclic) bond motifs is 6. The van der Waals surface area contributed by atoms with Crippen LogP contribution >= 0.6 is 0 Å². The molecule has 0 saturated carbocycles. The number of likely N-dealkylation sites (tertiary alicyclic amines) is 1. The van der Waals surface area contributed by atoms with Gasteiger partial charge >= 0.3 is 6.03 Å². The zero-order chi connectivity index (χ0) is 22.2. The number of benzene rings is 1. The van der Waals surface area contributed by atoms with Crippen LogP contribution in [0.3, 0.4) is 0 Å². The summed E-state index contributed by atoms with van der Waals surface area (Å²) in [5, 5.41) is 3.41. The molecule has 1 aliphatic carbocycles. The van der Waals surface area contributed by atoms with Crippen LogP contribution in [-0.2, 0) is 0 Å². The number of rotatable bonds is 4. The molecule has 2 bridgehead atoms. The Balaban J connectivity index is 1.35. The fraction of sp³-hybridized carbons (Fsp3) is 0.667. The van der Waals surface area contributed by atoms with E-state index in [1.165, 1.54) is 45.2 Å². The van der Waals surface area contributed by atoms with Gasteiger partial charge in [-0.3, -0.25) is 4.90 Å². The molecule has 3 heterocycles. The van der Waals surface area contributed by atoms with Crippen molar-refractivity contribution in [1.29, 1.82) is 0 Å². The van der Waals surface area contributed by atoms with Crippen LogP contribution in [0.1, 0.15) is 64.0 Å². The summed E-state index contributed by atoms with van der Waals surface area (Å²) in [5.74, 6) is 2.44. The minimum absolute atomic E-state index is 0.00284. The summed E-state index contributed by atoms with van der Waals surface area (Å²) in [7, 11) is 1.68. The van der Waals surface area contributed by atoms with Gasteiger partial charge in [0.2, 0.25) is 0 Å². The van der Waals surface area contributed by atoms with Crippen molar-refractivity contribution in [1.82, 2.24) is 15.1 Å². The Bertz CT molecular complexity index is 849. The topological polar surface area (TPSA) is 44.8 Å². The number of ether oxygens (including phenoxy) is 1. The molecule has 3 fully saturated rings. The maximum absolute atomic E-state index is 13.7. The Hall–Kier alpha value is -2.01. The molecule has 3 saturated heterocycles. The quantitative estimate of drug-likeness (QED) is 0.675. The van der Waals surface area contributed by atoms with E-state index in [0.29, 0.717) is 17.8 Å². The van der Waals surface area contributed by atoms with E-state index in [4.69, 9.17) is 4.74 Å². The van der Waals surface area contributed by atoms with Crippen LogP contribution in [0.5, 0.6) is 5.75 Å². The minimum Gasteiger partial charge on any atom is -0.497 e. The third kappa shape index (κ3) is 4.05. The van der Waals surface area contributed by atoms with E-state index in [2.05, 4.69) is 47.2 Å². The van der Waals surface area contributed by atoms with Gasteiger partial charge in [-0.05, 0) is 74.1 Å². The van der Waals surface area contributed by atoms with Crippen molar-refractivity contribution >= 4 is 6.03 Å². The van der Waals surface area contributed by atoms with Crippen molar-refractivity contribution in [3.8, 4) is 5.75 Å². The van der Waals surface area contributed by atoms with Gasteiger partial charge in [0.25, 0.3) is 0 Å². The van der Waals surface area contributed by atoms with E-state index in [0.717, 1.165) is 30.3 Å². The number of hydrogen-bond acceptors (Lipinski definition) is 3. The third-order valence-electron chi connectivity index (χ3n) is 8.34. The molecule has 0 spiro atoms. The van der Waals surface area contributed by atoms with Gasteiger partial charge in [0, 0.05) is 19.1 Å². The lowest BCUT2D eigenvalue weighted by molar-refractivity contribution is 0.00753. The van der Waals surface area contributed by atoms with Crippen LogP contribution in [0.2, 0.25) is 0 Å². The molecule has 3 aliphatic heterocycles. The second-order valence-corrected chi connectivity index (χ2v) is 10.6. The predicted octanol–water partition coefficient (Wildman–Crippen LogP) is 5.00. The zero-order valence-corrected chi connectivity index (χ0v) is 19.9. The molecule has 0 aromatic heterocycles. The van der Waals surface area contributed by atoms with Crippen molar-refractivity contribution in [2.45, 2.75) is 70.5 Å². The normalized spacial score (nSPS) is 30.8. The van der Waals surface area contributed by atoms with Crippen LogP contribution in [0.4, 0.5) is 4.79 Å². The number of carbonyl (C=O) groups is 1. The second kappa shape index (κ2) is 9.09. The number of nitrogens with zero attached hydrogens (tertiary/aromatic N) is 2. The number of hydrogen-bond donors (Lipinski definition) is 1. The maximum Gasteiger partial charge on any atom is 0.318 e. The Labute approximate surface area is 193 Å². The molecule has 5 rings (SSSR count). The molecule has 1 aromatic rings. The first-order valence-electron chi connectivity index (χ1n) is 12.7. The van der Waals surface area contributed by atoms with Crippen LogP contribution in [0, 0.1) is 17.8 Å². The maximum atomic E-state index is 13.7. The van der Waals surface area contributed by atoms with E-state index in [1.807, 2.05) is 12.1 Å². The number of carbonyl (C=O) groups excluding carboxylic acids is 1. The summed E-state index contributed by atoms with van der Waals surface area (Å²) in [4.78, 5) is 18.6. The Morgan fingerprint density at radius 2 is 1.94 bits per heavy atom. The molecule has 5 heteroatoms. The molecule has 5 atom stereocenters. The Morgan fingerprint density at radius 3 is 2.69 bits per heavy atom. The van der Waals surface area contributed by atoms with Crippen LogP contribution in [0.15, 0.2) is 35.9 Å². The highest BCUT2D eigenvalue weighted by Gasteiger charge is 2.47. The van der Waals surface area contributed by atoms with Gasteiger partial charge in [-0.2, -0.15) is 0 Å². The van der Waals surface area contributed by atoms with Crippen LogP contribution < -0.4 is 10.1 Å². The van der Waals surface area contributed by atoms with Gasteiger partial charge in [0.05, 0.1) is 19.2 Å². The molecule has 0 radical (unpaired) electrons. The molecule has 4 aliphatic rings. The molecule has 5 nitrogen and oxygen atoms in total. The summed E-state index contributed by atoms with van der Waals surface area (Å²) in [6.07, 6.45) is 10.2. The smallest absolute Gasteiger partial charge is 0.318 e. The van der Waals surface area contributed by atoms with E-state index in [-0.39, 0.29) is 18.1 Å². The molecule has 1 aromatic carbocycles. The minimum atomic E-state index is -0.00284. The van der Waals surface area contributed by atoms with Crippen molar-refractivity contribution in [2.75, 3.05) is 26.7 Å². The molecule has 174 valence electrons. The monoisotopic (exact) mass is 437 g/mol. The summed E-state index contributed by atoms with van der Waals surface area (Å²) in [6, 6.07) is 9.26. The van der Waals surface area contributed by atoms with Crippen molar-refractivity contribution in [2.24, 2.45) is 17.8 Å².